The van der Waals surface area contributed by atoms with Crippen molar-refractivity contribution in [3.8, 4) is 0 Å². The van der Waals surface area contributed by atoms with Gasteiger partial charge in [0.05, 0.1) is 10.6 Å². The third-order valence-electron chi connectivity index (χ3n) is 3.66. The molecule has 6 heteroatoms. The number of anilines is 1. The van der Waals surface area contributed by atoms with Gasteiger partial charge in [0.2, 0.25) is 0 Å². The fraction of sp³-hybridized carbons (Fsp3) is 0.188. The standard InChI is InChI=1S/C16H16N2O3S/c1-11-5-7-12(8-6-11)22(20,21)18-15-4-2-3-14-13(15)9-10-17-16(14)19/h2-8,18H,9-10H2,1H3,(H,17,19). The van der Waals surface area contributed by atoms with Gasteiger partial charge in [-0.2, -0.15) is 0 Å². The van der Waals surface area contributed by atoms with Crippen LogP contribution in [0.3, 0.4) is 0 Å². The van der Waals surface area contributed by atoms with Crippen molar-refractivity contribution in [3.63, 3.8) is 0 Å². The van der Waals surface area contributed by atoms with Gasteiger partial charge in [0.25, 0.3) is 15.9 Å². The number of fused-ring (bicyclic) bond motifs is 1. The third-order valence-corrected chi connectivity index (χ3v) is 5.04. The molecule has 1 heterocycles. The molecule has 2 aromatic rings. The first kappa shape index (κ1) is 14.6. The maximum Gasteiger partial charge on any atom is 0.261 e. The Morgan fingerprint density at radius 3 is 2.55 bits per heavy atom. The summed E-state index contributed by atoms with van der Waals surface area (Å²) in [5.74, 6) is -0.169. The van der Waals surface area contributed by atoms with E-state index in [-0.39, 0.29) is 10.8 Å². The van der Waals surface area contributed by atoms with E-state index >= 15 is 0 Å². The van der Waals surface area contributed by atoms with Crippen molar-refractivity contribution < 1.29 is 13.2 Å². The third kappa shape index (κ3) is 2.69. The number of carbonyl (C=O) groups excluding carboxylic acids is 1. The maximum atomic E-state index is 12.5. The highest BCUT2D eigenvalue weighted by Crippen LogP contribution is 2.25. The minimum atomic E-state index is -3.66. The second-order valence-corrected chi connectivity index (χ2v) is 6.94. The lowest BCUT2D eigenvalue weighted by atomic mass is 9.99. The molecule has 0 bridgehead atoms. The van der Waals surface area contributed by atoms with Crippen molar-refractivity contribution in [1.82, 2.24) is 5.32 Å². The molecule has 1 aliphatic rings. The number of carbonyl (C=O) groups is 1. The summed E-state index contributed by atoms with van der Waals surface area (Å²) in [6, 6.07) is 11.7. The SMILES string of the molecule is Cc1ccc(S(=O)(=O)Nc2cccc3c2CCNC3=O)cc1. The summed E-state index contributed by atoms with van der Waals surface area (Å²) >= 11 is 0. The molecule has 1 amide bonds. The van der Waals surface area contributed by atoms with Crippen molar-refractivity contribution in [2.75, 3.05) is 11.3 Å². The van der Waals surface area contributed by atoms with E-state index in [4.69, 9.17) is 0 Å². The molecule has 0 unspecified atom stereocenters. The Morgan fingerprint density at radius 1 is 1.09 bits per heavy atom. The Balaban J connectivity index is 1.98. The first-order chi connectivity index (χ1) is 10.5. The number of hydrogen-bond donors (Lipinski definition) is 2. The van der Waals surface area contributed by atoms with E-state index in [2.05, 4.69) is 10.0 Å². The van der Waals surface area contributed by atoms with Gasteiger partial charge in [-0.05, 0) is 43.2 Å². The number of hydrogen-bond acceptors (Lipinski definition) is 3. The van der Waals surface area contributed by atoms with Gasteiger partial charge in [-0.3, -0.25) is 9.52 Å². The fourth-order valence-corrected chi connectivity index (χ4v) is 3.57. The molecule has 5 nitrogen and oxygen atoms in total. The molecule has 2 aromatic carbocycles. The monoisotopic (exact) mass is 316 g/mol. The summed E-state index contributed by atoms with van der Waals surface area (Å²) in [5, 5.41) is 2.75. The van der Waals surface area contributed by atoms with Crippen LogP contribution in [0.25, 0.3) is 0 Å². The second kappa shape index (κ2) is 5.46. The highest BCUT2D eigenvalue weighted by atomic mass is 32.2. The molecule has 0 aliphatic carbocycles. The highest BCUT2D eigenvalue weighted by Gasteiger charge is 2.22. The first-order valence-electron chi connectivity index (χ1n) is 6.97. The van der Waals surface area contributed by atoms with Crippen LogP contribution in [0.1, 0.15) is 21.5 Å². The van der Waals surface area contributed by atoms with Gasteiger partial charge in [-0.1, -0.05) is 23.8 Å². The summed E-state index contributed by atoms with van der Waals surface area (Å²) in [6.45, 7) is 2.41. The topological polar surface area (TPSA) is 75.3 Å². The molecule has 0 saturated carbocycles. The molecule has 3 rings (SSSR count). The van der Waals surface area contributed by atoms with Gasteiger partial charge in [0, 0.05) is 12.1 Å². The van der Waals surface area contributed by atoms with Crippen molar-refractivity contribution in [3.05, 3.63) is 59.2 Å². The van der Waals surface area contributed by atoms with Crippen molar-refractivity contribution in [2.45, 2.75) is 18.2 Å². The summed E-state index contributed by atoms with van der Waals surface area (Å²) < 4.78 is 27.5. The molecule has 0 spiro atoms. The molecule has 22 heavy (non-hydrogen) atoms. The fourth-order valence-electron chi connectivity index (χ4n) is 2.48. The van der Waals surface area contributed by atoms with Crippen LogP contribution in [0.4, 0.5) is 5.69 Å². The lowest BCUT2D eigenvalue weighted by molar-refractivity contribution is 0.0946. The normalized spacial score (nSPS) is 14.1. The zero-order valence-corrected chi connectivity index (χ0v) is 12.9. The minimum Gasteiger partial charge on any atom is -0.352 e. The number of nitrogens with one attached hydrogen (secondary N) is 2. The Morgan fingerprint density at radius 2 is 1.82 bits per heavy atom. The zero-order valence-electron chi connectivity index (χ0n) is 12.1. The van der Waals surface area contributed by atoms with E-state index < -0.39 is 10.0 Å². The molecule has 0 saturated heterocycles. The maximum absolute atomic E-state index is 12.5. The van der Waals surface area contributed by atoms with Crippen LogP contribution in [0.5, 0.6) is 0 Å². The number of benzene rings is 2. The van der Waals surface area contributed by atoms with Crippen LogP contribution in [0, 0.1) is 6.92 Å². The van der Waals surface area contributed by atoms with Crippen molar-refractivity contribution in [1.29, 1.82) is 0 Å². The lowest BCUT2D eigenvalue weighted by Gasteiger charge is -2.20. The quantitative estimate of drug-likeness (QED) is 0.910. The molecular weight excluding hydrogens is 300 g/mol. The van der Waals surface area contributed by atoms with Gasteiger partial charge in [-0.15, -0.1) is 0 Å². The molecule has 1 aliphatic heterocycles. The van der Waals surface area contributed by atoms with E-state index in [0.29, 0.717) is 24.2 Å². The predicted octanol–water partition coefficient (Wildman–Crippen LogP) is 2.08. The minimum absolute atomic E-state index is 0.169. The van der Waals surface area contributed by atoms with E-state index in [9.17, 15) is 13.2 Å². The molecule has 114 valence electrons. The van der Waals surface area contributed by atoms with E-state index in [1.165, 1.54) is 0 Å². The van der Waals surface area contributed by atoms with Crippen LogP contribution < -0.4 is 10.0 Å². The summed E-state index contributed by atoms with van der Waals surface area (Å²) in [6.07, 6.45) is 0.605. The molecule has 2 N–H and O–H groups in total. The Kier molecular flexibility index (Phi) is 3.62. The van der Waals surface area contributed by atoms with Gasteiger partial charge < -0.3 is 5.32 Å². The van der Waals surface area contributed by atoms with Gasteiger partial charge in [0.15, 0.2) is 0 Å². The van der Waals surface area contributed by atoms with Crippen LogP contribution in [-0.4, -0.2) is 20.9 Å². The number of rotatable bonds is 3. The molecular formula is C16H16N2O3S. The summed E-state index contributed by atoms with van der Waals surface area (Å²) in [5.41, 5.74) is 2.72. The molecule has 0 fully saturated rings. The predicted molar refractivity (Wildman–Crippen MR) is 84.5 cm³/mol. The first-order valence-corrected chi connectivity index (χ1v) is 8.45. The van der Waals surface area contributed by atoms with Crippen molar-refractivity contribution in [2.24, 2.45) is 0 Å². The number of amides is 1. The largest absolute Gasteiger partial charge is 0.352 e. The summed E-state index contributed by atoms with van der Waals surface area (Å²) in [4.78, 5) is 12.0. The van der Waals surface area contributed by atoms with Gasteiger partial charge in [-0.25, -0.2) is 8.42 Å². The Bertz CT molecular complexity index is 827. The number of sulfonamides is 1. The van der Waals surface area contributed by atoms with E-state index in [0.717, 1.165) is 11.1 Å². The van der Waals surface area contributed by atoms with E-state index in [1.54, 1.807) is 42.5 Å². The second-order valence-electron chi connectivity index (χ2n) is 5.26. The lowest BCUT2D eigenvalue weighted by Crippen LogP contribution is -2.32. The Hall–Kier alpha value is -2.34. The van der Waals surface area contributed by atoms with Crippen LogP contribution in [0.15, 0.2) is 47.4 Å². The average molecular weight is 316 g/mol. The highest BCUT2D eigenvalue weighted by molar-refractivity contribution is 7.92. The smallest absolute Gasteiger partial charge is 0.261 e. The van der Waals surface area contributed by atoms with Crippen molar-refractivity contribution >= 4 is 21.6 Å². The van der Waals surface area contributed by atoms with Gasteiger partial charge in [0.1, 0.15) is 0 Å². The van der Waals surface area contributed by atoms with Crippen LogP contribution >= 0.6 is 0 Å². The average Bonchev–Trinajstić information content (AvgIpc) is 2.48. The Labute approximate surface area is 129 Å². The van der Waals surface area contributed by atoms with Crippen LogP contribution in [0.2, 0.25) is 0 Å². The zero-order chi connectivity index (χ0) is 15.7. The molecule has 0 aromatic heterocycles. The van der Waals surface area contributed by atoms with Gasteiger partial charge >= 0.3 is 0 Å². The summed E-state index contributed by atoms with van der Waals surface area (Å²) in [7, 11) is -3.66. The molecule has 0 atom stereocenters. The van der Waals surface area contributed by atoms with E-state index in [1.807, 2.05) is 6.92 Å². The molecule has 0 radical (unpaired) electrons. The van der Waals surface area contributed by atoms with Crippen LogP contribution in [-0.2, 0) is 16.4 Å². The number of aryl methyl sites for hydroxylation is 1.